The molecule has 0 aliphatic carbocycles. The quantitative estimate of drug-likeness (QED) is 0.547. The van der Waals surface area contributed by atoms with Crippen molar-refractivity contribution in [2.45, 2.75) is 19.4 Å². The zero-order valence-electron chi connectivity index (χ0n) is 16.6. The molecule has 0 spiro atoms. The summed E-state index contributed by atoms with van der Waals surface area (Å²) in [5.41, 5.74) is 9.63. The Morgan fingerprint density at radius 3 is 2.43 bits per heavy atom. The number of hydrogen-bond donors (Lipinski definition) is 1. The minimum atomic E-state index is -0.377. The molecule has 5 nitrogen and oxygen atoms in total. The summed E-state index contributed by atoms with van der Waals surface area (Å²) < 4.78 is 10.7. The van der Waals surface area contributed by atoms with E-state index in [9.17, 15) is 9.59 Å². The Kier molecular flexibility index (Phi) is 7.09. The van der Waals surface area contributed by atoms with E-state index in [-0.39, 0.29) is 31.3 Å². The van der Waals surface area contributed by atoms with Gasteiger partial charge in [0, 0.05) is 10.6 Å². The van der Waals surface area contributed by atoms with Crippen molar-refractivity contribution in [2.24, 2.45) is 5.73 Å². The number of carbonyl (C=O) groups excluding carboxylic acids is 2. The number of benzene rings is 3. The summed E-state index contributed by atoms with van der Waals surface area (Å²) in [6.07, 6.45) is 0.321. The first-order valence-electron chi connectivity index (χ1n) is 9.39. The van der Waals surface area contributed by atoms with Gasteiger partial charge in [0.1, 0.15) is 12.4 Å². The van der Waals surface area contributed by atoms with E-state index in [0.717, 1.165) is 27.8 Å². The van der Waals surface area contributed by atoms with Gasteiger partial charge in [0.2, 0.25) is 5.91 Å². The number of ether oxygens (including phenoxy) is 2. The maximum absolute atomic E-state index is 11.6. The first-order valence-corrected chi connectivity index (χ1v) is 9.77. The van der Waals surface area contributed by atoms with Crippen molar-refractivity contribution < 1.29 is 19.1 Å². The zero-order chi connectivity index (χ0) is 21.5. The van der Waals surface area contributed by atoms with Crippen LogP contribution in [-0.2, 0) is 33.8 Å². The average molecular weight is 424 g/mol. The molecule has 0 atom stereocenters. The fourth-order valence-corrected chi connectivity index (χ4v) is 3.40. The van der Waals surface area contributed by atoms with E-state index < -0.39 is 0 Å². The highest BCUT2D eigenvalue weighted by molar-refractivity contribution is 6.31. The Labute approximate surface area is 180 Å². The molecule has 0 radical (unpaired) electrons. The van der Waals surface area contributed by atoms with Crippen LogP contribution in [0.4, 0.5) is 0 Å². The van der Waals surface area contributed by atoms with Crippen LogP contribution in [0, 0.1) is 0 Å². The summed E-state index contributed by atoms with van der Waals surface area (Å²) >= 11 is 6.33. The lowest BCUT2D eigenvalue weighted by molar-refractivity contribution is -0.139. The van der Waals surface area contributed by atoms with Crippen molar-refractivity contribution in [1.29, 1.82) is 0 Å². The number of nitrogens with two attached hydrogens (primary N) is 1. The first-order chi connectivity index (χ1) is 14.4. The second-order valence-corrected chi connectivity index (χ2v) is 7.28. The van der Waals surface area contributed by atoms with Crippen LogP contribution in [0.5, 0.6) is 5.75 Å². The molecule has 2 N–H and O–H groups in total. The summed E-state index contributed by atoms with van der Waals surface area (Å²) in [4.78, 5) is 22.8. The molecule has 0 aliphatic rings. The van der Waals surface area contributed by atoms with Crippen LogP contribution in [-0.4, -0.2) is 19.0 Å². The SMILES string of the molecule is COC(=O)Cc1ccccc1OCc1cc(Cl)cc(-c2cccc(CC(N)=O)c2)c1. The summed E-state index contributed by atoms with van der Waals surface area (Å²) in [6.45, 7) is 0.284. The maximum atomic E-state index is 11.6. The van der Waals surface area contributed by atoms with Crippen molar-refractivity contribution in [1.82, 2.24) is 0 Å². The molecule has 3 aromatic carbocycles. The molecule has 0 saturated heterocycles. The maximum Gasteiger partial charge on any atom is 0.310 e. The van der Waals surface area contributed by atoms with Gasteiger partial charge < -0.3 is 15.2 Å². The number of methoxy groups -OCH3 is 1. The topological polar surface area (TPSA) is 78.6 Å². The molecule has 30 heavy (non-hydrogen) atoms. The number of esters is 1. The molecule has 0 fully saturated rings. The molecule has 154 valence electrons. The third-order valence-corrected chi connectivity index (χ3v) is 4.74. The third-order valence-electron chi connectivity index (χ3n) is 4.53. The zero-order valence-corrected chi connectivity index (χ0v) is 17.3. The summed E-state index contributed by atoms with van der Waals surface area (Å²) in [5.74, 6) is -0.0854. The van der Waals surface area contributed by atoms with E-state index in [1.165, 1.54) is 7.11 Å². The van der Waals surface area contributed by atoms with Gasteiger partial charge >= 0.3 is 5.97 Å². The van der Waals surface area contributed by atoms with Crippen LogP contribution in [0.25, 0.3) is 11.1 Å². The number of halogens is 1. The molecule has 0 saturated carbocycles. The van der Waals surface area contributed by atoms with Crippen LogP contribution in [0.3, 0.4) is 0 Å². The van der Waals surface area contributed by atoms with Gasteiger partial charge in [0.25, 0.3) is 0 Å². The van der Waals surface area contributed by atoms with Crippen molar-refractivity contribution >= 4 is 23.5 Å². The Hall–Kier alpha value is -3.31. The number of hydrogen-bond acceptors (Lipinski definition) is 4. The lowest BCUT2D eigenvalue weighted by Crippen LogP contribution is -2.13. The van der Waals surface area contributed by atoms with E-state index in [1.807, 2.05) is 66.7 Å². The molecule has 1 amide bonds. The molecule has 0 unspecified atom stereocenters. The second-order valence-electron chi connectivity index (χ2n) is 6.84. The molecule has 3 aromatic rings. The summed E-state index contributed by atoms with van der Waals surface area (Å²) in [6, 6.07) is 20.6. The lowest BCUT2D eigenvalue weighted by atomic mass is 10.00. The molecular weight excluding hydrogens is 402 g/mol. The van der Waals surface area contributed by atoms with Gasteiger partial charge in [-0.25, -0.2) is 0 Å². The molecule has 6 heteroatoms. The molecule has 0 bridgehead atoms. The predicted molar refractivity (Wildman–Crippen MR) is 116 cm³/mol. The van der Waals surface area contributed by atoms with Crippen molar-refractivity contribution in [3.8, 4) is 16.9 Å². The largest absolute Gasteiger partial charge is 0.489 e. The van der Waals surface area contributed by atoms with Gasteiger partial charge in [-0.05, 0) is 46.5 Å². The fourth-order valence-electron chi connectivity index (χ4n) is 3.14. The fraction of sp³-hybridized carbons (Fsp3) is 0.167. The van der Waals surface area contributed by atoms with Crippen LogP contribution in [0.2, 0.25) is 5.02 Å². The monoisotopic (exact) mass is 423 g/mol. The molecule has 3 rings (SSSR count). The highest BCUT2D eigenvalue weighted by atomic mass is 35.5. The van der Waals surface area contributed by atoms with E-state index in [1.54, 1.807) is 0 Å². The Bertz CT molecular complexity index is 1060. The highest BCUT2D eigenvalue weighted by Gasteiger charge is 2.10. The number of carbonyl (C=O) groups is 2. The lowest BCUT2D eigenvalue weighted by Gasteiger charge is -2.12. The third kappa shape index (κ3) is 5.84. The van der Waals surface area contributed by atoms with Gasteiger partial charge in [-0.3, -0.25) is 9.59 Å². The minimum absolute atomic E-state index is 0.139. The average Bonchev–Trinajstić information content (AvgIpc) is 2.72. The highest BCUT2D eigenvalue weighted by Crippen LogP contribution is 2.27. The van der Waals surface area contributed by atoms with E-state index >= 15 is 0 Å². The first kappa shape index (κ1) is 21.4. The van der Waals surface area contributed by atoms with Crippen LogP contribution < -0.4 is 10.5 Å². The molecule has 0 aromatic heterocycles. The smallest absolute Gasteiger partial charge is 0.310 e. The van der Waals surface area contributed by atoms with Gasteiger partial charge in [-0.2, -0.15) is 0 Å². The van der Waals surface area contributed by atoms with Crippen molar-refractivity contribution in [2.75, 3.05) is 7.11 Å². The number of rotatable bonds is 8. The predicted octanol–water partition coefficient (Wildman–Crippen LogP) is 4.33. The molecular formula is C24H22ClNO4. The number of para-hydroxylation sites is 1. The van der Waals surface area contributed by atoms with Gasteiger partial charge in [-0.1, -0.05) is 54.1 Å². The Balaban J connectivity index is 1.80. The van der Waals surface area contributed by atoms with Crippen LogP contribution in [0.15, 0.2) is 66.7 Å². The Morgan fingerprint density at radius 1 is 0.900 bits per heavy atom. The number of amides is 1. The normalized spacial score (nSPS) is 10.5. The van der Waals surface area contributed by atoms with E-state index in [4.69, 9.17) is 26.8 Å². The van der Waals surface area contributed by atoms with Crippen LogP contribution >= 0.6 is 11.6 Å². The number of primary amides is 1. The van der Waals surface area contributed by atoms with Crippen LogP contribution in [0.1, 0.15) is 16.7 Å². The van der Waals surface area contributed by atoms with E-state index in [2.05, 4.69) is 0 Å². The van der Waals surface area contributed by atoms with Gasteiger partial charge in [-0.15, -0.1) is 0 Å². The van der Waals surface area contributed by atoms with Crippen molar-refractivity contribution in [3.05, 3.63) is 88.4 Å². The second kappa shape index (κ2) is 9.94. The minimum Gasteiger partial charge on any atom is -0.489 e. The molecule has 0 heterocycles. The van der Waals surface area contributed by atoms with Gasteiger partial charge in [0.15, 0.2) is 0 Å². The van der Waals surface area contributed by atoms with Crippen molar-refractivity contribution in [3.63, 3.8) is 0 Å². The Morgan fingerprint density at radius 2 is 1.67 bits per heavy atom. The van der Waals surface area contributed by atoms with E-state index in [0.29, 0.717) is 10.8 Å². The standard InChI is InChI=1S/C24H22ClNO4/c1-29-24(28)14-19-6-2-3-8-22(19)30-15-17-10-20(13-21(25)11-17)18-7-4-5-16(9-18)12-23(26)27/h2-11,13H,12,14-15H2,1H3,(H2,26,27). The summed E-state index contributed by atoms with van der Waals surface area (Å²) in [7, 11) is 1.36. The molecule has 0 aliphatic heterocycles. The van der Waals surface area contributed by atoms with Gasteiger partial charge in [0.05, 0.1) is 20.0 Å². The summed E-state index contributed by atoms with van der Waals surface area (Å²) in [5, 5.41) is 0.578.